The van der Waals surface area contributed by atoms with Crippen LogP contribution < -0.4 is 0 Å². The van der Waals surface area contributed by atoms with Gasteiger partial charge in [-0.3, -0.25) is 19.3 Å². The summed E-state index contributed by atoms with van der Waals surface area (Å²) in [4.78, 5) is 38.3. The van der Waals surface area contributed by atoms with Crippen LogP contribution in [0, 0.1) is 0 Å². The molecule has 140 valence electrons. The number of ether oxygens (including phenoxy) is 2. The van der Waals surface area contributed by atoms with Crippen molar-refractivity contribution >= 4 is 17.8 Å². The first-order valence-electron chi connectivity index (χ1n) is 8.70. The van der Waals surface area contributed by atoms with Crippen LogP contribution in [-0.4, -0.2) is 48.5 Å². The number of benzene rings is 2. The van der Waals surface area contributed by atoms with Gasteiger partial charge in [0, 0.05) is 20.5 Å². The van der Waals surface area contributed by atoms with Crippen molar-refractivity contribution in [2.24, 2.45) is 0 Å². The lowest BCUT2D eigenvalue weighted by Gasteiger charge is -2.32. The van der Waals surface area contributed by atoms with E-state index < -0.39 is 29.9 Å². The lowest BCUT2D eigenvalue weighted by molar-refractivity contribution is -0.143. The molecule has 0 spiro atoms. The third kappa shape index (κ3) is 3.90. The zero-order valence-electron chi connectivity index (χ0n) is 15.3. The monoisotopic (exact) mass is 367 g/mol. The Morgan fingerprint density at radius 1 is 0.963 bits per heavy atom. The first kappa shape index (κ1) is 18.8. The fourth-order valence-electron chi connectivity index (χ4n) is 3.28. The standard InChI is InChI=1S/C21H21NO5/c1-14(23)27-13-18(19(26-2)12-15-8-4-3-5-9-15)22-20(24)16-10-6-7-11-17(16)21(22)25/h3-11,18-19H,12-13H2,1-2H3/t18-,19-/m1/s1. The zero-order valence-corrected chi connectivity index (χ0v) is 15.3. The maximum atomic E-state index is 12.9. The molecule has 1 heterocycles. The summed E-state index contributed by atoms with van der Waals surface area (Å²) in [6.07, 6.45) is -0.0506. The largest absolute Gasteiger partial charge is 0.464 e. The number of methoxy groups -OCH3 is 1. The molecule has 0 aromatic heterocycles. The van der Waals surface area contributed by atoms with Gasteiger partial charge in [-0.15, -0.1) is 0 Å². The molecule has 0 fully saturated rings. The second kappa shape index (κ2) is 8.14. The number of fused-ring (bicyclic) bond motifs is 1. The van der Waals surface area contributed by atoms with Crippen molar-refractivity contribution in [3.05, 3.63) is 71.3 Å². The highest BCUT2D eigenvalue weighted by molar-refractivity contribution is 6.21. The van der Waals surface area contributed by atoms with E-state index in [0.717, 1.165) is 10.5 Å². The molecule has 2 amide bonds. The van der Waals surface area contributed by atoms with Gasteiger partial charge in [0.1, 0.15) is 12.6 Å². The molecule has 2 aromatic rings. The summed E-state index contributed by atoms with van der Waals surface area (Å²) in [5, 5.41) is 0. The highest BCUT2D eigenvalue weighted by Crippen LogP contribution is 2.27. The number of carbonyl (C=O) groups is 3. The van der Waals surface area contributed by atoms with E-state index in [9.17, 15) is 14.4 Å². The Hall–Kier alpha value is -2.99. The van der Waals surface area contributed by atoms with Gasteiger partial charge in [-0.1, -0.05) is 42.5 Å². The van der Waals surface area contributed by atoms with E-state index in [2.05, 4.69) is 0 Å². The summed E-state index contributed by atoms with van der Waals surface area (Å²) in [5.74, 6) is -1.28. The molecule has 0 aliphatic carbocycles. The minimum atomic E-state index is -0.730. The fraction of sp³-hybridized carbons (Fsp3) is 0.286. The van der Waals surface area contributed by atoms with Crippen LogP contribution in [-0.2, 0) is 20.7 Å². The van der Waals surface area contributed by atoms with Crippen LogP contribution in [0.5, 0.6) is 0 Å². The Morgan fingerprint density at radius 2 is 1.52 bits per heavy atom. The number of hydrogen-bond acceptors (Lipinski definition) is 5. The summed E-state index contributed by atoms with van der Waals surface area (Å²) in [6.45, 7) is 1.17. The number of esters is 1. The minimum Gasteiger partial charge on any atom is -0.464 e. The molecular weight excluding hydrogens is 346 g/mol. The third-order valence-corrected chi connectivity index (χ3v) is 4.63. The van der Waals surface area contributed by atoms with E-state index in [1.54, 1.807) is 24.3 Å². The number of hydrogen-bond donors (Lipinski definition) is 0. The lowest BCUT2D eigenvalue weighted by Crippen LogP contribution is -2.51. The van der Waals surface area contributed by atoms with Crippen molar-refractivity contribution in [2.75, 3.05) is 13.7 Å². The Labute approximate surface area is 157 Å². The summed E-state index contributed by atoms with van der Waals surface area (Å²) in [5.41, 5.74) is 1.70. The van der Waals surface area contributed by atoms with Gasteiger partial charge >= 0.3 is 5.97 Å². The topological polar surface area (TPSA) is 72.9 Å². The summed E-state index contributed by atoms with van der Waals surface area (Å²) >= 11 is 0. The smallest absolute Gasteiger partial charge is 0.302 e. The van der Waals surface area contributed by atoms with Crippen LogP contribution in [0.4, 0.5) is 0 Å². The third-order valence-electron chi connectivity index (χ3n) is 4.63. The van der Waals surface area contributed by atoms with Gasteiger partial charge in [0.25, 0.3) is 11.8 Å². The van der Waals surface area contributed by atoms with Crippen LogP contribution in [0.2, 0.25) is 0 Å². The number of nitrogens with zero attached hydrogens (tertiary/aromatic N) is 1. The maximum Gasteiger partial charge on any atom is 0.302 e. The predicted octanol–water partition coefficient (Wildman–Crippen LogP) is 2.47. The second-order valence-electron chi connectivity index (χ2n) is 6.36. The van der Waals surface area contributed by atoms with Gasteiger partial charge in [0.05, 0.1) is 17.2 Å². The molecule has 0 radical (unpaired) electrons. The summed E-state index contributed by atoms with van der Waals surface area (Å²) < 4.78 is 10.8. The molecule has 2 aromatic carbocycles. The molecule has 0 saturated heterocycles. The molecule has 0 unspecified atom stereocenters. The van der Waals surface area contributed by atoms with E-state index in [1.807, 2.05) is 30.3 Å². The Kier molecular flexibility index (Phi) is 5.66. The van der Waals surface area contributed by atoms with E-state index in [-0.39, 0.29) is 6.61 Å². The zero-order chi connectivity index (χ0) is 19.4. The summed E-state index contributed by atoms with van der Waals surface area (Å²) in [6, 6.07) is 15.6. The van der Waals surface area contributed by atoms with Crippen LogP contribution in [0.1, 0.15) is 33.2 Å². The minimum absolute atomic E-state index is 0.119. The van der Waals surface area contributed by atoms with Gasteiger partial charge in [0.15, 0.2) is 0 Å². The normalized spacial score (nSPS) is 15.4. The average Bonchev–Trinajstić information content (AvgIpc) is 2.93. The van der Waals surface area contributed by atoms with Crippen LogP contribution in [0.15, 0.2) is 54.6 Å². The Morgan fingerprint density at radius 3 is 2.04 bits per heavy atom. The molecule has 27 heavy (non-hydrogen) atoms. The number of amides is 2. The number of rotatable bonds is 7. The van der Waals surface area contributed by atoms with Crippen molar-refractivity contribution in [2.45, 2.75) is 25.5 Å². The molecule has 1 aliphatic heterocycles. The predicted molar refractivity (Wildman–Crippen MR) is 98.3 cm³/mol. The van der Waals surface area contributed by atoms with Gasteiger partial charge < -0.3 is 9.47 Å². The lowest BCUT2D eigenvalue weighted by atomic mass is 10.0. The van der Waals surface area contributed by atoms with Gasteiger partial charge in [-0.05, 0) is 17.7 Å². The highest BCUT2D eigenvalue weighted by atomic mass is 16.5. The first-order valence-corrected chi connectivity index (χ1v) is 8.70. The number of carbonyl (C=O) groups excluding carboxylic acids is 3. The van der Waals surface area contributed by atoms with Crippen molar-refractivity contribution in [1.29, 1.82) is 0 Å². The maximum absolute atomic E-state index is 12.9. The van der Waals surface area contributed by atoms with Gasteiger partial charge in [-0.25, -0.2) is 0 Å². The summed E-state index contributed by atoms with van der Waals surface area (Å²) in [7, 11) is 1.52. The van der Waals surface area contributed by atoms with Crippen LogP contribution in [0.25, 0.3) is 0 Å². The van der Waals surface area contributed by atoms with Crippen LogP contribution in [0.3, 0.4) is 0 Å². The molecule has 6 nitrogen and oxygen atoms in total. The van der Waals surface area contributed by atoms with Crippen molar-refractivity contribution in [1.82, 2.24) is 4.90 Å². The average molecular weight is 367 g/mol. The van der Waals surface area contributed by atoms with Crippen molar-refractivity contribution in [3.63, 3.8) is 0 Å². The molecule has 2 atom stereocenters. The molecule has 0 N–H and O–H groups in total. The highest BCUT2D eigenvalue weighted by Gasteiger charge is 2.43. The molecule has 0 bridgehead atoms. The van der Waals surface area contributed by atoms with E-state index in [1.165, 1.54) is 14.0 Å². The van der Waals surface area contributed by atoms with E-state index in [0.29, 0.717) is 17.5 Å². The second-order valence-corrected chi connectivity index (χ2v) is 6.36. The van der Waals surface area contributed by atoms with Crippen molar-refractivity contribution < 1.29 is 23.9 Å². The van der Waals surface area contributed by atoms with Gasteiger partial charge in [0.2, 0.25) is 0 Å². The van der Waals surface area contributed by atoms with Gasteiger partial charge in [-0.2, -0.15) is 0 Å². The molecule has 6 heteroatoms. The fourth-order valence-corrected chi connectivity index (χ4v) is 3.28. The van der Waals surface area contributed by atoms with E-state index >= 15 is 0 Å². The Bertz CT molecular complexity index is 814. The quantitative estimate of drug-likeness (QED) is 0.555. The first-order chi connectivity index (χ1) is 13.0. The Balaban J connectivity index is 1.92. The molecule has 3 rings (SSSR count). The van der Waals surface area contributed by atoms with Crippen molar-refractivity contribution in [3.8, 4) is 0 Å². The number of imide groups is 1. The van der Waals surface area contributed by atoms with Crippen LogP contribution >= 0.6 is 0 Å². The van der Waals surface area contributed by atoms with E-state index in [4.69, 9.17) is 9.47 Å². The molecule has 1 aliphatic rings. The SMILES string of the molecule is CO[C@H](Cc1ccccc1)[C@@H](COC(C)=O)N1C(=O)c2ccccc2C1=O. The molecule has 0 saturated carbocycles. The molecular formula is C21H21NO5.